The van der Waals surface area contributed by atoms with Crippen LogP contribution in [0.1, 0.15) is 19.4 Å². The van der Waals surface area contributed by atoms with Crippen molar-refractivity contribution in [3.8, 4) is 0 Å². The van der Waals surface area contributed by atoms with Gasteiger partial charge in [-0.1, -0.05) is 17.7 Å². The van der Waals surface area contributed by atoms with Crippen molar-refractivity contribution >= 4 is 17.3 Å². The van der Waals surface area contributed by atoms with Gasteiger partial charge in [0.2, 0.25) is 0 Å². The molecule has 1 aliphatic heterocycles. The molecule has 1 fully saturated rings. The Morgan fingerprint density at radius 3 is 2.94 bits per heavy atom. The van der Waals surface area contributed by atoms with Crippen LogP contribution in [0.5, 0.6) is 0 Å². The maximum absolute atomic E-state index is 6.31. The number of benzene rings is 1. The second kappa shape index (κ2) is 5.91. The summed E-state index contributed by atoms with van der Waals surface area (Å²) in [4.78, 5) is 2.40. The minimum atomic E-state index is 0.266. The lowest BCUT2D eigenvalue weighted by atomic mass is 10.1. The van der Waals surface area contributed by atoms with Gasteiger partial charge in [-0.3, -0.25) is 0 Å². The van der Waals surface area contributed by atoms with Gasteiger partial charge in [0.15, 0.2) is 0 Å². The van der Waals surface area contributed by atoms with E-state index in [1.807, 2.05) is 19.2 Å². The average molecular weight is 269 g/mol. The lowest BCUT2D eigenvalue weighted by Gasteiger charge is -2.39. The number of nitrogens with zero attached hydrogens (tertiary/aromatic N) is 1. The molecule has 1 aliphatic rings. The molecule has 100 valence electrons. The molecule has 18 heavy (non-hydrogen) atoms. The number of hydrogen-bond acceptors (Lipinski definition) is 3. The van der Waals surface area contributed by atoms with E-state index in [2.05, 4.69) is 30.1 Å². The van der Waals surface area contributed by atoms with Crippen molar-refractivity contribution in [2.45, 2.75) is 32.5 Å². The molecule has 0 aliphatic carbocycles. The van der Waals surface area contributed by atoms with Crippen LogP contribution in [0.2, 0.25) is 5.02 Å². The molecular formula is C14H21ClN2O. The van der Waals surface area contributed by atoms with E-state index >= 15 is 0 Å². The summed E-state index contributed by atoms with van der Waals surface area (Å²) in [7, 11) is 1.94. The third-order valence-electron chi connectivity index (χ3n) is 3.36. The first-order chi connectivity index (χ1) is 8.63. The Hall–Kier alpha value is -0.770. The molecular weight excluding hydrogens is 248 g/mol. The van der Waals surface area contributed by atoms with Crippen LogP contribution in [0.3, 0.4) is 0 Å². The van der Waals surface area contributed by atoms with Crippen LogP contribution in [0.15, 0.2) is 18.2 Å². The third kappa shape index (κ3) is 2.79. The van der Waals surface area contributed by atoms with Crippen LogP contribution in [-0.2, 0) is 11.3 Å². The van der Waals surface area contributed by atoms with E-state index in [4.69, 9.17) is 16.3 Å². The second-order valence-corrected chi connectivity index (χ2v) is 5.32. The standard InChI is InChI=1S/C14H21ClN2O/c1-10-9-18-11(2)8-17(10)14-6-4-5-13(15)12(14)7-16-3/h4-6,10-11,16H,7-9H2,1-3H3. The molecule has 2 rings (SSSR count). The molecule has 1 heterocycles. The molecule has 1 N–H and O–H groups in total. The van der Waals surface area contributed by atoms with Crippen molar-refractivity contribution in [3.63, 3.8) is 0 Å². The van der Waals surface area contributed by atoms with Crippen molar-refractivity contribution in [2.75, 3.05) is 25.1 Å². The zero-order valence-electron chi connectivity index (χ0n) is 11.2. The minimum Gasteiger partial charge on any atom is -0.375 e. The highest BCUT2D eigenvalue weighted by molar-refractivity contribution is 6.31. The molecule has 0 spiro atoms. The number of halogens is 1. The highest BCUT2D eigenvalue weighted by Gasteiger charge is 2.25. The lowest BCUT2D eigenvalue weighted by molar-refractivity contribution is 0.0343. The van der Waals surface area contributed by atoms with Crippen molar-refractivity contribution in [2.24, 2.45) is 0 Å². The van der Waals surface area contributed by atoms with Crippen LogP contribution >= 0.6 is 11.6 Å². The van der Waals surface area contributed by atoms with Gasteiger partial charge in [0, 0.05) is 35.4 Å². The normalized spacial score (nSPS) is 24.3. The number of morpholine rings is 1. The molecule has 1 saturated heterocycles. The Morgan fingerprint density at radius 1 is 1.44 bits per heavy atom. The smallest absolute Gasteiger partial charge is 0.0723 e. The van der Waals surface area contributed by atoms with Crippen LogP contribution in [0.25, 0.3) is 0 Å². The first-order valence-corrected chi connectivity index (χ1v) is 6.81. The van der Waals surface area contributed by atoms with E-state index < -0.39 is 0 Å². The summed E-state index contributed by atoms with van der Waals surface area (Å²) in [5.41, 5.74) is 2.39. The third-order valence-corrected chi connectivity index (χ3v) is 3.72. The Kier molecular flexibility index (Phi) is 4.49. The summed E-state index contributed by atoms with van der Waals surface area (Å²) in [5.74, 6) is 0. The van der Waals surface area contributed by atoms with Crippen molar-refractivity contribution < 1.29 is 4.74 Å². The van der Waals surface area contributed by atoms with E-state index in [0.717, 1.165) is 24.7 Å². The average Bonchev–Trinajstić information content (AvgIpc) is 2.35. The number of rotatable bonds is 3. The molecule has 0 saturated carbocycles. The van der Waals surface area contributed by atoms with Crippen molar-refractivity contribution in [1.82, 2.24) is 5.32 Å². The SMILES string of the molecule is CNCc1c(Cl)cccc1N1CC(C)OCC1C. The number of nitrogens with one attached hydrogen (secondary N) is 1. The molecule has 1 aromatic rings. The van der Waals surface area contributed by atoms with Gasteiger partial charge in [-0.15, -0.1) is 0 Å². The molecule has 0 bridgehead atoms. The summed E-state index contributed by atoms with van der Waals surface area (Å²) in [6.45, 7) is 6.77. The van der Waals surface area contributed by atoms with Gasteiger partial charge >= 0.3 is 0 Å². The summed E-state index contributed by atoms with van der Waals surface area (Å²) in [6.07, 6.45) is 0.266. The predicted molar refractivity (Wildman–Crippen MR) is 76.4 cm³/mol. The lowest BCUT2D eigenvalue weighted by Crippen LogP contribution is -2.47. The topological polar surface area (TPSA) is 24.5 Å². The zero-order valence-corrected chi connectivity index (χ0v) is 12.0. The first-order valence-electron chi connectivity index (χ1n) is 6.43. The molecule has 0 radical (unpaired) electrons. The summed E-state index contributed by atoms with van der Waals surface area (Å²) < 4.78 is 5.68. The first kappa shape index (κ1) is 13.7. The van der Waals surface area contributed by atoms with Gasteiger partial charge in [0.05, 0.1) is 12.7 Å². The van der Waals surface area contributed by atoms with Crippen LogP contribution in [-0.4, -0.2) is 32.3 Å². The fourth-order valence-corrected chi connectivity index (χ4v) is 2.64. The van der Waals surface area contributed by atoms with E-state index in [9.17, 15) is 0 Å². The van der Waals surface area contributed by atoms with Crippen LogP contribution in [0, 0.1) is 0 Å². The monoisotopic (exact) mass is 268 g/mol. The highest BCUT2D eigenvalue weighted by atomic mass is 35.5. The van der Waals surface area contributed by atoms with Crippen molar-refractivity contribution in [3.05, 3.63) is 28.8 Å². The van der Waals surface area contributed by atoms with E-state index in [0.29, 0.717) is 6.04 Å². The largest absolute Gasteiger partial charge is 0.375 e. The molecule has 2 atom stereocenters. The van der Waals surface area contributed by atoms with Gasteiger partial charge in [0.25, 0.3) is 0 Å². The van der Waals surface area contributed by atoms with Gasteiger partial charge in [-0.05, 0) is 33.0 Å². The summed E-state index contributed by atoms with van der Waals surface area (Å²) in [5, 5.41) is 4.02. The number of hydrogen-bond donors (Lipinski definition) is 1. The minimum absolute atomic E-state index is 0.266. The zero-order chi connectivity index (χ0) is 13.1. The fourth-order valence-electron chi connectivity index (χ4n) is 2.41. The molecule has 3 nitrogen and oxygen atoms in total. The van der Waals surface area contributed by atoms with Crippen LogP contribution in [0.4, 0.5) is 5.69 Å². The Morgan fingerprint density at radius 2 is 2.22 bits per heavy atom. The van der Waals surface area contributed by atoms with E-state index in [-0.39, 0.29) is 6.10 Å². The Bertz CT molecular complexity index is 411. The number of ether oxygens (including phenoxy) is 1. The summed E-state index contributed by atoms with van der Waals surface area (Å²) in [6, 6.07) is 6.50. The van der Waals surface area contributed by atoms with Gasteiger partial charge in [-0.25, -0.2) is 0 Å². The Balaban J connectivity index is 2.33. The molecule has 0 aromatic heterocycles. The van der Waals surface area contributed by atoms with Gasteiger partial charge in [0.1, 0.15) is 0 Å². The highest BCUT2D eigenvalue weighted by Crippen LogP contribution is 2.30. The second-order valence-electron chi connectivity index (χ2n) is 4.91. The quantitative estimate of drug-likeness (QED) is 0.912. The molecule has 2 unspecified atom stereocenters. The van der Waals surface area contributed by atoms with Crippen molar-refractivity contribution in [1.29, 1.82) is 0 Å². The number of anilines is 1. The summed E-state index contributed by atoms with van der Waals surface area (Å²) >= 11 is 6.31. The van der Waals surface area contributed by atoms with Gasteiger partial charge in [-0.2, -0.15) is 0 Å². The predicted octanol–water partition coefficient (Wildman–Crippen LogP) is 2.67. The molecule has 0 amide bonds. The molecule has 4 heteroatoms. The molecule has 1 aromatic carbocycles. The maximum Gasteiger partial charge on any atom is 0.0723 e. The fraction of sp³-hybridized carbons (Fsp3) is 0.571. The van der Waals surface area contributed by atoms with E-state index in [1.54, 1.807) is 0 Å². The Labute approximate surface area is 114 Å². The van der Waals surface area contributed by atoms with Crippen LogP contribution < -0.4 is 10.2 Å². The maximum atomic E-state index is 6.31. The van der Waals surface area contributed by atoms with E-state index in [1.165, 1.54) is 11.3 Å². The van der Waals surface area contributed by atoms with Gasteiger partial charge < -0.3 is 15.0 Å².